The van der Waals surface area contributed by atoms with Crippen LogP contribution < -0.4 is 0 Å². The number of carbonyl (C=O) groups is 1. The molecule has 2 atom stereocenters. The highest BCUT2D eigenvalue weighted by Gasteiger charge is 2.21. The number of rotatable bonds is 4. The predicted molar refractivity (Wildman–Crippen MR) is 53.0 cm³/mol. The lowest BCUT2D eigenvalue weighted by Gasteiger charge is -2.14. The fourth-order valence-corrected chi connectivity index (χ4v) is 1.34. The highest BCUT2D eigenvalue weighted by atomic mass is 16.4. The fourth-order valence-electron chi connectivity index (χ4n) is 1.34. The Balaban J connectivity index is 2.57. The van der Waals surface area contributed by atoms with Crippen LogP contribution in [0.5, 0.6) is 0 Å². The lowest BCUT2D eigenvalue weighted by Crippen LogP contribution is -2.28. The smallest absolute Gasteiger partial charge is 0.332 e. The van der Waals surface area contributed by atoms with E-state index < -0.39 is 12.1 Å². The number of aliphatic hydroxyl groups is 1. The van der Waals surface area contributed by atoms with Crippen LogP contribution in [0.15, 0.2) is 30.3 Å². The molecule has 0 saturated heterocycles. The van der Waals surface area contributed by atoms with Gasteiger partial charge in [0.15, 0.2) is 6.10 Å². The second-order valence-electron chi connectivity index (χ2n) is 3.45. The minimum Gasteiger partial charge on any atom is -0.479 e. The van der Waals surface area contributed by atoms with Gasteiger partial charge in [-0.3, -0.25) is 0 Å². The van der Waals surface area contributed by atoms with Crippen LogP contribution in [0, 0.1) is 5.92 Å². The highest BCUT2D eigenvalue weighted by Crippen LogP contribution is 2.11. The average molecular weight is 194 g/mol. The van der Waals surface area contributed by atoms with E-state index in [1.807, 2.05) is 30.3 Å². The van der Waals surface area contributed by atoms with Crippen LogP contribution in [-0.2, 0) is 11.2 Å². The van der Waals surface area contributed by atoms with E-state index in [1.165, 1.54) is 0 Å². The van der Waals surface area contributed by atoms with Gasteiger partial charge in [0.05, 0.1) is 0 Å². The quantitative estimate of drug-likeness (QED) is 0.759. The number of hydrogen-bond donors (Lipinski definition) is 2. The molecule has 0 aliphatic rings. The molecule has 3 heteroatoms. The number of carboxylic acids is 1. The third-order valence-corrected chi connectivity index (χ3v) is 2.19. The third kappa shape index (κ3) is 2.85. The number of aliphatic carboxylic acids is 1. The third-order valence-electron chi connectivity index (χ3n) is 2.19. The summed E-state index contributed by atoms with van der Waals surface area (Å²) in [5, 5.41) is 17.8. The van der Waals surface area contributed by atoms with Crippen molar-refractivity contribution < 1.29 is 15.0 Å². The topological polar surface area (TPSA) is 57.5 Å². The van der Waals surface area contributed by atoms with E-state index in [-0.39, 0.29) is 5.92 Å². The minimum absolute atomic E-state index is 0.269. The van der Waals surface area contributed by atoms with Crippen molar-refractivity contribution >= 4 is 5.97 Å². The van der Waals surface area contributed by atoms with Crippen molar-refractivity contribution in [3.8, 4) is 0 Å². The molecule has 0 spiro atoms. The van der Waals surface area contributed by atoms with Crippen molar-refractivity contribution in [1.82, 2.24) is 0 Å². The molecule has 0 heterocycles. The van der Waals surface area contributed by atoms with E-state index in [0.29, 0.717) is 6.42 Å². The summed E-state index contributed by atoms with van der Waals surface area (Å²) in [4.78, 5) is 10.5. The molecule has 0 aliphatic carbocycles. The zero-order valence-corrected chi connectivity index (χ0v) is 8.05. The van der Waals surface area contributed by atoms with Gasteiger partial charge in [-0.05, 0) is 17.9 Å². The van der Waals surface area contributed by atoms with Crippen molar-refractivity contribution in [2.24, 2.45) is 5.92 Å². The molecule has 1 aromatic carbocycles. The van der Waals surface area contributed by atoms with Crippen LogP contribution in [0.25, 0.3) is 0 Å². The molecule has 3 nitrogen and oxygen atoms in total. The Kier molecular flexibility index (Phi) is 3.65. The molecule has 1 aromatic rings. The summed E-state index contributed by atoms with van der Waals surface area (Å²) in [6.45, 7) is 1.73. The molecule has 0 amide bonds. The molecule has 2 N–H and O–H groups in total. The Morgan fingerprint density at radius 2 is 1.93 bits per heavy atom. The second kappa shape index (κ2) is 4.77. The van der Waals surface area contributed by atoms with Crippen molar-refractivity contribution in [3.05, 3.63) is 35.9 Å². The normalized spacial score (nSPS) is 14.7. The lowest BCUT2D eigenvalue weighted by molar-refractivity contribution is -0.149. The average Bonchev–Trinajstić information content (AvgIpc) is 2.18. The summed E-state index contributed by atoms with van der Waals surface area (Å²) in [6, 6.07) is 9.54. The van der Waals surface area contributed by atoms with Gasteiger partial charge in [0.25, 0.3) is 0 Å². The molecule has 1 rings (SSSR count). The van der Waals surface area contributed by atoms with Gasteiger partial charge >= 0.3 is 5.97 Å². The van der Waals surface area contributed by atoms with Gasteiger partial charge in [-0.25, -0.2) is 4.79 Å². The van der Waals surface area contributed by atoms with Gasteiger partial charge in [-0.15, -0.1) is 0 Å². The van der Waals surface area contributed by atoms with Crippen molar-refractivity contribution in [1.29, 1.82) is 0 Å². The first-order valence-electron chi connectivity index (χ1n) is 4.56. The molecule has 0 aromatic heterocycles. The Labute approximate surface area is 83.0 Å². The van der Waals surface area contributed by atoms with E-state index in [0.717, 1.165) is 5.56 Å². The number of aliphatic hydroxyl groups excluding tert-OH is 1. The van der Waals surface area contributed by atoms with Crippen LogP contribution in [0.1, 0.15) is 12.5 Å². The van der Waals surface area contributed by atoms with Crippen molar-refractivity contribution in [3.63, 3.8) is 0 Å². The first-order chi connectivity index (χ1) is 6.61. The lowest BCUT2D eigenvalue weighted by atomic mass is 9.96. The number of carboxylic acid groups (broad SMARTS) is 1. The molecule has 0 radical (unpaired) electrons. The summed E-state index contributed by atoms with van der Waals surface area (Å²) in [5.74, 6) is -1.43. The zero-order chi connectivity index (χ0) is 10.6. The van der Waals surface area contributed by atoms with Crippen molar-refractivity contribution in [2.45, 2.75) is 19.4 Å². The molecular weight excluding hydrogens is 180 g/mol. The Bertz CT molecular complexity index is 295. The molecule has 0 saturated carbocycles. The Morgan fingerprint density at radius 1 is 1.36 bits per heavy atom. The summed E-state index contributed by atoms with van der Waals surface area (Å²) >= 11 is 0. The SMILES string of the molecule is C[C@H](Cc1ccccc1)[C@@H](O)C(=O)O. The molecule has 76 valence electrons. The predicted octanol–water partition coefficient (Wildman–Crippen LogP) is 1.31. The van der Waals surface area contributed by atoms with Gasteiger partial charge in [-0.2, -0.15) is 0 Å². The molecule has 0 aliphatic heterocycles. The first-order valence-corrected chi connectivity index (χ1v) is 4.56. The van der Waals surface area contributed by atoms with Crippen LogP contribution in [-0.4, -0.2) is 22.3 Å². The molecule has 0 bridgehead atoms. The molecule has 14 heavy (non-hydrogen) atoms. The number of benzene rings is 1. The molecule has 0 unspecified atom stereocenters. The maximum absolute atomic E-state index is 10.5. The van der Waals surface area contributed by atoms with Crippen molar-refractivity contribution in [2.75, 3.05) is 0 Å². The monoisotopic (exact) mass is 194 g/mol. The van der Waals surface area contributed by atoms with E-state index >= 15 is 0 Å². The first kappa shape index (κ1) is 10.7. The van der Waals surface area contributed by atoms with Crippen LogP contribution in [0.4, 0.5) is 0 Å². The van der Waals surface area contributed by atoms with E-state index in [1.54, 1.807) is 6.92 Å². The Morgan fingerprint density at radius 3 is 2.43 bits per heavy atom. The van der Waals surface area contributed by atoms with Crippen LogP contribution in [0.3, 0.4) is 0 Å². The zero-order valence-electron chi connectivity index (χ0n) is 8.05. The molecular formula is C11H14O3. The standard InChI is InChI=1S/C11H14O3/c1-8(10(12)11(13)14)7-9-5-3-2-4-6-9/h2-6,8,10,12H,7H2,1H3,(H,13,14)/t8-,10-/m1/s1. The molecule has 0 fully saturated rings. The van der Waals surface area contributed by atoms with Gasteiger partial charge < -0.3 is 10.2 Å². The van der Waals surface area contributed by atoms with Crippen LogP contribution in [0.2, 0.25) is 0 Å². The van der Waals surface area contributed by atoms with Gasteiger partial charge in [0.2, 0.25) is 0 Å². The van der Waals surface area contributed by atoms with Gasteiger partial charge in [0.1, 0.15) is 0 Å². The maximum atomic E-state index is 10.5. The second-order valence-corrected chi connectivity index (χ2v) is 3.45. The van der Waals surface area contributed by atoms with Gasteiger partial charge in [-0.1, -0.05) is 37.3 Å². The fraction of sp³-hybridized carbons (Fsp3) is 0.364. The maximum Gasteiger partial charge on any atom is 0.332 e. The summed E-state index contributed by atoms with van der Waals surface area (Å²) in [6.07, 6.45) is -0.705. The largest absolute Gasteiger partial charge is 0.479 e. The summed E-state index contributed by atoms with van der Waals surface area (Å²) < 4.78 is 0. The Hall–Kier alpha value is -1.35. The minimum atomic E-state index is -1.28. The number of hydrogen-bond acceptors (Lipinski definition) is 2. The highest BCUT2D eigenvalue weighted by molar-refractivity contribution is 5.72. The summed E-state index contributed by atoms with van der Waals surface area (Å²) in [5.41, 5.74) is 1.04. The van der Waals surface area contributed by atoms with E-state index in [2.05, 4.69) is 0 Å². The van der Waals surface area contributed by atoms with E-state index in [4.69, 9.17) is 5.11 Å². The van der Waals surface area contributed by atoms with Gasteiger partial charge in [0, 0.05) is 0 Å². The van der Waals surface area contributed by atoms with Crippen LogP contribution >= 0.6 is 0 Å². The summed E-state index contributed by atoms with van der Waals surface area (Å²) in [7, 11) is 0. The van der Waals surface area contributed by atoms with E-state index in [9.17, 15) is 9.90 Å².